The summed E-state index contributed by atoms with van der Waals surface area (Å²) >= 11 is 0. The molecule has 0 unspecified atom stereocenters. The molecular weight excluding hydrogens is 304 g/mol. The van der Waals surface area contributed by atoms with E-state index in [4.69, 9.17) is 4.74 Å². The highest BCUT2D eigenvalue weighted by Gasteiger charge is 2.24. The number of hydrogen-bond acceptors (Lipinski definition) is 3. The molecule has 1 N–H and O–H groups in total. The Kier molecular flexibility index (Phi) is 4.63. The largest absolute Gasteiger partial charge is 0.482 e. The second kappa shape index (κ2) is 6.32. The minimum Gasteiger partial charge on any atom is -0.482 e. The summed E-state index contributed by atoms with van der Waals surface area (Å²) in [6.45, 7) is 6.32. The third-order valence-corrected chi connectivity index (χ3v) is 3.61. The number of Topliss-reactive ketones (excluding diaryl/α,β-unsaturated/α-hetero) is 2. The zero-order chi connectivity index (χ0) is 17.3. The minimum atomic E-state index is -1.05. The van der Waals surface area contributed by atoms with E-state index < -0.39 is 17.7 Å². The van der Waals surface area contributed by atoms with Gasteiger partial charge in [0.05, 0.1) is 5.69 Å². The first-order valence-electron chi connectivity index (χ1n) is 7.08. The van der Waals surface area contributed by atoms with Gasteiger partial charge < -0.3 is 9.72 Å². The van der Waals surface area contributed by atoms with Crippen molar-refractivity contribution in [3.8, 4) is 5.75 Å². The number of benzene rings is 1. The van der Waals surface area contributed by atoms with Crippen molar-refractivity contribution in [2.45, 2.75) is 33.8 Å². The number of aromatic amines is 1. The number of halogens is 2. The number of nitrogens with one attached hydrogen (secondary N) is 1. The molecule has 2 rings (SSSR count). The summed E-state index contributed by atoms with van der Waals surface area (Å²) in [5.74, 6) is -2.49. The van der Waals surface area contributed by atoms with Crippen molar-refractivity contribution >= 4 is 11.6 Å². The third kappa shape index (κ3) is 3.31. The van der Waals surface area contributed by atoms with Crippen molar-refractivity contribution in [3.63, 3.8) is 0 Å². The molecular formula is C17H17F2NO3. The topological polar surface area (TPSA) is 59.2 Å². The van der Waals surface area contributed by atoms with E-state index in [9.17, 15) is 18.4 Å². The van der Waals surface area contributed by atoms with Crippen molar-refractivity contribution in [3.05, 3.63) is 52.3 Å². The molecule has 4 nitrogen and oxygen atoms in total. The zero-order valence-electron chi connectivity index (χ0n) is 13.3. The molecule has 6 heteroatoms. The van der Waals surface area contributed by atoms with Crippen LogP contribution in [0.15, 0.2) is 18.2 Å². The van der Waals surface area contributed by atoms with Gasteiger partial charge in [-0.15, -0.1) is 0 Å². The van der Waals surface area contributed by atoms with Crippen molar-refractivity contribution in [2.24, 2.45) is 0 Å². The molecule has 0 bridgehead atoms. The minimum absolute atomic E-state index is 0.0532. The van der Waals surface area contributed by atoms with Gasteiger partial charge in [-0.25, -0.2) is 8.78 Å². The molecule has 1 aromatic heterocycles. The van der Waals surface area contributed by atoms with Gasteiger partial charge in [-0.05, 0) is 45.4 Å². The fraction of sp³-hybridized carbons (Fsp3) is 0.294. The molecule has 0 fully saturated rings. The van der Waals surface area contributed by atoms with Crippen LogP contribution in [0, 0.1) is 25.5 Å². The van der Waals surface area contributed by atoms with Gasteiger partial charge in [0.1, 0.15) is 5.75 Å². The number of carbonyl (C=O) groups is 2. The lowest BCUT2D eigenvalue weighted by molar-refractivity contribution is 0.0812. The van der Waals surface area contributed by atoms with E-state index in [2.05, 4.69) is 4.98 Å². The van der Waals surface area contributed by atoms with Crippen LogP contribution in [0.1, 0.15) is 46.0 Å². The fourth-order valence-electron chi connectivity index (χ4n) is 2.54. The Morgan fingerprint density at radius 1 is 1.17 bits per heavy atom. The summed E-state index contributed by atoms with van der Waals surface area (Å²) in [5, 5.41) is 0. The lowest BCUT2D eigenvalue weighted by Crippen LogP contribution is -2.25. The van der Waals surface area contributed by atoms with E-state index in [-0.39, 0.29) is 23.0 Å². The number of H-pyrrole nitrogens is 1. The first kappa shape index (κ1) is 16.9. The monoisotopic (exact) mass is 321 g/mol. The van der Waals surface area contributed by atoms with Crippen molar-refractivity contribution < 1.29 is 23.1 Å². The van der Waals surface area contributed by atoms with E-state index >= 15 is 0 Å². The van der Waals surface area contributed by atoms with Gasteiger partial charge in [-0.2, -0.15) is 0 Å². The number of ketones is 2. The Morgan fingerprint density at radius 3 is 2.35 bits per heavy atom. The summed E-state index contributed by atoms with van der Waals surface area (Å²) in [5.41, 5.74) is 1.93. The second-order valence-corrected chi connectivity index (χ2v) is 5.38. The summed E-state index contributed by atoms with van der Waals surface area (Å²) in [6.07, 6.45) is -0.920. The van der Waals surface area contributed by atoms with E-state index in [1.807, 2.05) is 0 Å². The van der Waals surface area contributed by atoms with Crippen LogP contribution in [0.25, 0.3) is 0 Å². The average Bonchev–Trinajstić information content (AvgIpc) is 2.77. The third-order valence-electron chi connectivity index (χ3n) is 3.61. The van der Waals surface area contributed by atoms with E-state index in [1.165, 1.54) is 19.9 Å². The van der Waals surface area contributed by atoms with E-state index in [0.29, 0.717) is 16.8 Å². The van der Waals surface area contributed by atoms with Gasteiger partial charge in [-0.3, -0.25) is 9.59 Å². The molecule has 122 valence electrons. The predicted molar refractivity (Wildman–Crippen MR) is 81.0 cm³/mol. The maximum absolute atomic E-state index is 13.2. The van der Waals surface area contributed by atoms with Gasteiger partial charge in [-0.1, -0.05) is 0 Å². The molecule has 0 saturated heterocycles. The molecule has 0 spiro atoms. The van der Waals surface area contributed by atoms with Crippen molar-refractivity contribution in [1.29, 1.82) is 0 Å². The predicted octanol–water partition coefficient (Wildman–Crippen LogP) is 3.76. The molecule has 1 heterocycles. The number of ether oxygens (including phenoxy) is 1. The Labute approximate surface area is 132 Å². The van der Waals surface area contributed by atoms with E-state index in [1.54, 1.807) is 13.8 Å². The lowest BCUT2D eigenvalue weighted by atomic mass is 10.0. The Balaban J connectivity index is 2.24. The van der Waals surface area contributed by atoms with Crippen molar-refractivity contribution in [2.75, 3.05) is 0 Å². The first-order chi connectivity index (χ1) is 10.7. The average molecular weight is 321 g/mol. The number of rotatable bonds is 5. The smallest absolute Gasteiger partial charge is 0.219 e. The molecule has 0 amide bonds. The van der Waals surface area contributed by atoms with Gasteiger partial charge in [0, 0.05) is 17.3 Å². The molecule has 1 aromatic carbocycles. The number of aryl methyl sites for hydroxylation is 1. The Morgan fingerprint density at radius 2 is 1.83 bits per heavy atom. The van der Waals surface area contributed by atoms with Crippen LogP contribution >= 0.6 is 0 Å². The van der Waals surface area contributed by atoms with Gasteiger partial charge in [0.15, 0.2) is 23.5 Å². The molecule has 0 aliphatic heterocycles. The summed E-state index contributed by atoms with van der Waals surface area (Å²) < 4.78 is 31.5. The van der Waals surface area contributed by atoms with Gasteiger partial charge in [0.25, 0.3) is 0 Å². The quantitative estimate of drug-likeness (QED) is 0.853. The number of aromatic nitrogens is 1. The second-order valence-electron chi connectivity index (χ2n) is 5.38. The molecule has 2 aromatic rings. The zero-order valence-corrected chi connectivity index (χ0v) is 13.3. The van der Waals surface area contributed by atoms with Crippen LogP contribution in [0.5, 0.6) is 5.75 Å². The number of carbonyl (C=O) groups excluding carboxylic acids is 2. The highest BCUT2D eigenvalue weighted by Crippen LogP contribution is 2.22. The highest BCUT2D eigenvalue weighted by molar-refractivity contribution is 6.04. The highest BCUT2D eigenvalue weighted by atomic mass is 19.2. The molecule has 0 aliphatic rings. The van der Waals surface area contributed by atoms with Crippen LogP contribution in [0.3, 0.4) is 0 Å². The molecule has 0 saturated carbocycles. The Bertz CT molecular complexity index is 780. The maximum Gasteiger partial charge on any atom is 0.219 e. The Hall–Kier alpha value is -2.50. The maximum atomic E-state index is 13.2. The normalized spacial score (nSPS) is 12.1. The van der Waals surface area contributed by atoms with Crippen LogP contribution < -0.4 is 4.74 Å². The summed E-state index contributed by atoms with van der Waals surface area (Å²) in [7, 11) is 0. The fourth-order valence-corrected chi connectivity index (χ4v) is 2.54. The molecule has 0 radical (unpaired) electrons. The molecule has 23 heavy (non-hydrogen) atoms. The SMILES string of the molecule is CC(=O)c1c(C)[nH]c(C(=O)[C@@H](C)Oc2ccc(F)c(F)c2)c1C. The van der Waals surface area contributed by atoms with Crippen LogP contribution in [-0.4, -0.2) is 22.7 Å². The van der Waals surface area contributed by atoms with Gasteiger partial charge >= 0.3 is 0 Å². The van der Waals surface area contributed by atoms with Crippen LogP contribution in [-0.2, 0) is 0 Å². The number of hydrogen-bond donors (Lipinski definition) is 1. The molecule has 1 atom stereocenters. The van der Waals surface area contributed by atoms with E-state index in [0.717, 1.165) is 12.1 Å². The standard InChI is InChI=1S/C17H17F2NO3/c1-8-15(10(3)21)9(2)20-16(8)17(22)11(4)23-12-5-6-13(18)14(19)7-12/h5-7,11,20H,1-4H3/t11-/m1/s1. The van der Waals surface area contributed by atoms with Gasteiger partial charge in [0.2, 0.25) is 5.78 Å². The molecule has 0 aliphatic carbocycles. The first-order valence-corrected chi connectivity index (χ1v) is 7.08. The van der Waals surface area contributed by atoms with Crippen molar-refractivity contribution in [1.82, 2.24) is 4.98 Å². The summed E-state index contributed by atoms with van der Waals surface area (Å²) in [4.78, 5) is 27.0. The summed E-state index contributed by atoms with van der Waals surface area (Å²) in [6, 6.07) is 3.06. The van der Waals surface area contributed by atoms with Crippen LogP contribution in [0.2, 0.25) is 0 Å². The lowest BCUT2D eigenvalue weighted by Gasteiger charge is -2.13. The van der Waals surface area contributed by atoms with Crippen LogP contribution in [0.4, 0.5) is 8.78 Å².